The monoisotopic (exact) mass is 318 g/mol. The summed E-state index contributed by atoms with van der Waals surface area (Å²) in [5, 5.41) is 5.43. The van der Waals surface area contributed by atoms with Crippen molar-refractivity contribution >= 4 is 34.8 Å². The van der Waals surface area contributed by atoms with Crippen molar-refractivity contribution < 1.29 is 0 Å². The number of fused-ring (bicyclic) bond motifs is 3. The summed E-state index contributed by atoms with van der Waals surface area (Å²) in [5.41, 5.74) is 0.910. The fourth-order valence-electron chi connectivity index (χ4n) is 3.16. The summed E-state index contributed by atoms with van der Waals surface area (Å²) in [7, 11) is 0. The summed E-state index contributed by atoms with van der Waals surface area (Å²) in [6.07, 6.45) is 2.60. The Morgan fingerprint density at radius 1 is 1.11 bits per heavy atom. The molecule has 4 rings (SSSR count). The van der Waals surface area contributed by atoms with Gasteiger partial charge in [-0.15, -0.1) is 0 Å². The van der Waals surface area contributed by atoms with Gasteiger partial charge in [-0.1, -0.05) is 34.8 Å². The van der Waals surface area contributed by atoms with Crippen LogP contribution in [-0.2, 0) is 6.54 Å². The molecule has 0 radical (unpaired) electrons. The number of halogens is 3. The lowest BCUT2D eigenvalue weighted by molar-refractivity contribution is 0.0720. The quantitative estimate of drug-likeness (QED) is 0.852. The van der Waals surface area contributed by atoms with Crippen LogP contribution in [0.1, 0.15) is 18.4 Å². The van der Waals surface area contributed by atoms with Gasteiger partial charge in [0.25, 0.3) is 0 Å². The molecule has 0 saturated carbocycles. The highest BCUT2D eigenvalue weighted by molar-refractivity contribution is 6.44. The van der Waals surface area contributed by atoms with Gasteiger partial charge in [0.2, 0.25) is 0 Å². The predicted molar refractivity (Wildman–Crippen MR) is 81.3 cm³/mol. The molecular formula is C14H17Cl3N2. The molecule has 1 aromatic rings. The second kappa shape index (κ2) is 5.79. The molecule has 104 valence electrons. The number of piperidine rings is 3. The van der Waals surface area contributed by atoms with E-state index in [1.54, 1.807) is 6.07 Å². The molecule has 3 saturated heterocycles. The summed E-state index contributed by atoms with van der Waals surface area (Å²) >= 11 is 18.5. The molecular weight excluding hydrogens is 303 g/mol. The van der Waals surface area contributed by atoms with Gasteiger partial charge in [-0.25, -0.2) is 0 Å². The van der Waals surface area contributed by atoms with Crippen LogP contribution in [0.4, 0.5) is 0 Å². The van der Waals surface area contributed by atoms with Crippen LogP contribution >= 0.6 is 34.8 Å². The standard InChI is InChI=1S/C14H17Cl3N2/c15-11-1-2-12(16)14(17)10(11)7-18-13-8-19-5-3-9(13)4-6-19/h1-2,9,13,18H,3-8H2. The van der Waals surface area contributed by atoms with E-state index in [4.69, 9.17) is 34.8 Å². The van der Waals surface area contributed by atoms with Gasteiger partial charge in [0, 0.05) is 29.7 Å². The van der Waals surface area contributed by atoms with Gasteiger partial charge in [-0.05, 0) is 44.0 Å². The molecule has 5 heteroatoms. The first kappa shape index (κ1) is 14.0. The highest BCUT2D eigenvalue weighted by Crippen LogP contribution is 2.32. The van der Waals surface area contributed by atoms with Crippen molar-refractivity contribution in [3.8, 4) is 0 Å². The van der Waals surface area contributed by atoms with Crippen LogP contribution in [0.2, 0.25) is 15.1 Å². The third-order valence-electron chi connectivity index (χ3n) is 4.34. The largest absolute Gasteiger partial charge is 0.308 e. The van der Waals surface area contributed by atoms with Crippen molar-refractivity contribution in [1.29, 1.82) is 0 Å². The minimum atomic E-state index is 0.550. The van der Waals surface area contributed by atoms with Crippen LogP contribution in [0.5, 0.6) is 0 Å². The van der Waals surface area contributed by atoms with E-state index < -0.39 is 0 Å². The number of rotatable bonds is 3. The minimum absolute atomic E-state index is 0.550. The fourth-order valence-corrected chi connectivity index (χ4v) is 3.84. The first-order chi connectivity index (χ1) is 9.15. The van der Waals surface area contributed by atoms with Gasteiger partial charge < -0.3 is 10.2 Å². The molecule has 3 aliphatic rings. The lowest BCUT2D eigenvalue weighted by Crippen LogP contribution is -2.55. The maximum Gasteiger partial charge on any atom is 0.0652 e. The summed E-state index contributed by atoms with van der Waals surface area (Å²) in [6, 6.07) is 4.10. The highest BCUT2D eigenvalue weighted by Gasteiger charge is 2.33. The second-order valence-corrected chi connectivity index (χ2v) is 6.64. The third kappa shape index (κ3) is 2.88. The summed E-state index contributed by atoms with van der Waals surface area (Å²) in [6.45, 7) is 4.33. The number of nitrogens with zero attached hydrogens (tertiary/aromatic N) is 1. The molecule has 0 aromatic heterocycles. The molecule has 0 spiro atoms. The van der Waals surface area contributed by atoms with E-state index >= 15 is 0 Å². The van der Waals surface area contributed by atoms with E-state index in [0.717, 1.165) is 18.0 Å². The van der Waals surface area contributed by atoms with Crippen LogP contribution in [0.15, 0.2) is 12.1 Å². The van der Waals surface area contributed by atoms with E-state index in [0.29, 0.717) is 27.7 Å². The van der Waals surface area contributed by atoms with Crippen molar-refractivity contribution in [2.75, 3.05) is 19.6 Å². The van der Waals surface area contributed by atoms with E-state index in [-0.39, 0.29) is 0 Å². The molecule has 3 fully saturated rings. The molecule has 2 nitrogen and oxygen atoms in total. The van der Waals surface area contributed by atoms with Gasteiger partial charge >= 0.3 is 0 Å². The molecule has 1 aromatic carbocycles. The van der Waals surface area contributed by atoms with Gasteiger partial charge in [0.15, 0.2) is 0 Å². The number of nitrogens with one attached hydrogen (secondary N) is 1. The van der Waals surface area contributed by atoms with Crippen molar-refractivity contribution in [1.82, 2.24) is 10.2 Å². The lowest BCUT2D eigenvalue weighted by Gasteiger charge is -2.45. The number of hydrogen-bond donors (Lipinski definition) is 1. The van der Waals surface area contributed by atoms with E-state index in [1.165, 1.54) is 25.9 Å². The molecule has 2 bridgehead atoms. The van der Waals surface area contributed by atoms with Crippen molar-refractivity contribution in [3.05, 3.63) is 32.8 Å². The number of benzene rings is 1. The Morgan fingerprint density at radius 2 is 1.79 bits per heavy atom. The Kier molecular flexibility index (Phi) is 4.25. The molecule has 1 atom stereocenters. The highest BCUT2D eigenvalue weighted by atomic mass is 35.5. The Labute approximate surface area is 129 Å². The van der Waals surface area contributed by atoms with Crippen LogP contribution in [0.3, 0.4) is 0 Å². The normalized spacial score (nSPS) is 29.7. The Balaban J connectivity index is 1.68. The summed E-state index contributed by atoms with van der Waals surface area (Å²) < 4.78 is 0. The zero-order valence-corrected chi connectivity index (χ0v) is 12.9. The maximum absolute atomic E-state index is 6.23. The van der Waals surface area contributed by atoms with E-state index in [2.05, 4.69) is 10.2 Å². The van der Waals surface area contributed by atoms with Crippen LogP contribution in [0, 0.1) is 5.92 Å². The van der Waals surface area contributed by atoms with Gasteiger partial charge in [0.05, 0.1) is 10.0 Å². The maximum atomic E-state index is 6.23. The Hall–Kier alpha value is 0.01000. The van der Waals surface area contributed by atoms with Crippen molar-refractivity contribution in [2.45, 2.75) is 25.4 Å². The van der Waals surface area contributed by atoms with E-state index in [1.807, 2.05) is 6.07 Å². The Bertz CT molecular complexity index is 470. The van der Waals surface area contributed by atoms with Gasteiger partial charge in [0.1, 0.15) is 0 Å². The van der Waals surface area contributed by atoms with Crippen LogP contribution < -0.4 is 5.32 Å². The van der Waals surface area contributed by atoms with E-state index in [9.17, 15) is 0 Å². The average Bonchev–Trinajstić information content (AvgIpc) is 2.44. The zero-order chi connectivity index (χ0) is 13.4. The lowest BCUT2D eigenvalue weighted by atomic mass is 9.84. The molecule has 19 heavy (non-hydrogen) atoms. The minimum Gasteiger partial charge on any atom is -0.308 e. The molecule has 3 heterocycles. The molecule has 1 unspecified atom stereocenters. The van der Waals surface area contributed by atoms with Gasteiger partial charge in [-0.2, -0.15) is 0 Å². The third-order valence-corrected chi connectivity index (χ3v) is 5.53. The molecule has 1 N–H and O–H groups in total. The van der Waals surface area contributed by atoms with Crippen LogP contribution in [-0.4, -0.2) is 30.6 Å². The molecule has 3 aliphatic heterocycles. The first-order valence-electron chi connectivity index (χ1n) is 6.73. The fraction of sp³-hybridized carbons (Fsp3) is 0.571. The smallest absolute Gasteiger partial charge is 0.0652 e. The topological polar surface area (TPSA) is 15.3 Å². The second-order valence-electron chi connectivity index (χ2n) is 5.45. The molecule has 0 aliphatic carbocycles. The molecule has 0 amide bonds. The van der Waals surface area contributed by atoms with Crippen LogP contribution in [0.25, 0.3) is 0 Å². The van der Waals surface area contributed by atoms with Crippen molar-refractivity contribution in [3.63, 3.8) is 0 Å². The number of hydrogen-bond acceptors (Lipinski definition) is 2. The SMILES string of the molecule is Clc1ccc(Cl)c(CNC2CN3CCC2CC3)c1Cl. The summed E-state index contributed by atoms with van der Waals surface area (Å²) in [4.78, 5) is 2.53. The van der Waals surface area contributed by atoms with Crippen molar-refractivity contribution in [2.24, 2.45) is 5.92 Å². The van der Waals surface area contributed by atoms with Gasteiger partial charge in [-0.3, -0.25) is 0 Å². The summed E-state index contributed by atoms with van der Waals surface area (Å²) in [5.74, 6) is 0.793. The average molecular weight is 320 g/mol. The predicted octanol–water partition coefficient (Wildman–Crippen LogP) is 3.83. The Morgan fingerprint density at radius 3 is 2.42 bits per heavy atom. The zero-order valence-electron chi connectivity index (χ0n) is 10.6. The first-order valence-corrected chi connectivity index (χ1v) is 7.86.